The molecule has 1 amide bonds. The molecule has 1 rings (SSSR count). The van der Waals surface area contributed by atoms with Crippen LogP contribution in [0.3, 0.4) is 0 Å². The Morgan fingerprint density at radius 1 is 1.29 bits per heavy atom. The summed E-state index contributed by atoms with van der Waals surface area (Å²) < 4.78 is 0. The van der Waals surface area contributed by atoms with Crippen molar-refractivity contribution in [2.45, 2.75) is 33.2 Å². The van der Waals surface area contributed by atoms with Crippen LogP contribution in [0.4, 0.5) is 0 Å². The van der Waals surface area contributed by atoms with E-state index in [9.17, 15) is 4.79 Å². The SMILES string of the molecule is CCCc1ccc(CNC(=O)C(C)CN)cc1. The van der Waals surface area contributed by atoms with Crippen LogP contribution in [0, 0.1) is 5.92 Å². The number of hydrogen-bond acceptors (Lipinski definition) is 2. The maximum Gasteiger partial charge on any atom is 0.224 e. The van der Waals surface area contributed by atoms with Gasteiger partial charge >= 0.3 is 0 Å². The van der Waals surface area contributed by atoms with Gasteiger partial charge in [-0.05, 0) is 17.5 Å². The summed E-state index contributed by atoms with van der Waals surface area (Å²) in [5, 5.41) is 2.88. The van der Waals surface area contributed by atoms with Gasteiger partial charge in [0.1, 0.15) is 0 Å². The van der Waals surface area contributed by atoms with Gasteiger partial charge in [0.15, 0.2) is 0 Å². The third kappa shape index (κ3) is 4.57. The lowest BCUT2D eigenvalue weighted by Gasteiger charge is -2.10. The van der Waals surface area contributed by atoms with E-state index in [2.05, 4.69) is 36.5 Å². The standard InChI is InChI=1S/C14H22N2O/c1-3-4-12-5-7-13(8-6-12)10-16-14(17)11(2)9-15/h5-8,11H,3-4,9-10,15H2,1-2H3,(H,16,17). The second kappa shape index (κ2) is 7.07. The van der Waals surface area contributed by atoms with Crippen molar-refractivity contribution in [2.24, 2.45) is 11.7 Å². The smallest absolute Gasteiger partial charge is 0.224 e. The molecule has 3 N–H and O–H groups in total. The lowest BCUT2D eigenvalue weighted by Crippen LogP contribution is -2.32. The molecule has 1 aromatic rings. The van der Waals surface area contributed by atoms with Gasteiger partial charge in [-0.25, -0.2) is 0 Å². The van der Waals surface area contributed by atoms with Crippen molar-refractivity contribution < 1.29 is 4.79 Å². The molecule has 0 aliphatic carbocycles. The molecular formula is C14H22N2O. The number of amides is 1. The van der Waals surface area contributed by atoms with Crippen LogP contribution in [0.1, 0.15) is 31.4 Å². The maximum absolute atomic E-state index is 11.5. The van der Waals surface area contributed by atoms with E-state index in [1.54, 1.807) is 0 Å². The molecule has 0 bridgehead atoms. The minimum Gasteiger partial charge on any atom is -0.352 e. The van der Waals surface area contributed by atoms with Gasteiger partial charge in [0.2, 0.25) is 5.91 Å². The van der Waals surface area contributed by atoms with Crippen molar-refractivity contribution in [2.75, 3.05) is 6.54 Å². The van der Waals surface area contributed by atoms with Crippen LogP contribution in [0.15, 0.2) is 24.3 Å². The van der Waals surface area contributed by atoms with E-state index in [0.717, 1.165) is 18.4 Å². The van der Waals surface area contributed by atoms with Crippen LogP contribution in [-0.2, 0) is 17.8 Å². The summed E-state index contributed by atoms with van der Waals surface area (Å²) in [7, 11) is 0. The number of carbonyl (C=O) groups excluding carboxylic acids is 1. The Balaban J connectivity index is 2.44. The highest BCUT2D eigenvalue weighted by molar-refractivity contribution is 5.78. The number of aryl methyl sites for hydroxylation is 1. The predicted octanol–water partition coefficient (Wildman–Crippen LogP) is 1.85. The number of hydrogen-bond donors (Lipinski definition) is 2. The Kier molecular flexibility index (Phi) is 5.70. The van der Waals surface area contributed by atoms with Crippen LogP contribution >= 0.6 is 0 Å². The lowest BCUT2D eigenvalue weighted by atomic mass is 10.1. The number of rotatable bonds is 6. The summed E-state index contributed by atoms with van der Waals surface area (Å²) in [4.78, 5) is 11.5. The van der Waals surface area contributed by atoms with Gasteiger partial charge in [0.25, 0.3) is 0 Å². The third-order valence-electron chi connectivity index (χ3n) is 2.83. The first-order chi connectivity index (χ1) is 8.17. The molecule has 0 saturated carbocycles. The molecule has 94 valence electrons. The van der Waals surface area contributed by atoms with Crippen LogP contribution < -0.4 is 11.1 Å². The van der Waals surface area contributed by atoms with E-state index in [1.165, 1.54) is 5.56 Å². The van der Waals surface area contributed by atoms with Gasteiger partial charge in [-0.2, -0.15) is 0 Å². The minimum atomic E-state index is -0.116. The third-order valence-corrected chi connectivity index (χ3v) is 2.83. The fourth-order valence-electron chi connectivity index (χ4n) is 1.58. The molecular weight excluding hydrogens is 212 g/mol. The van der Waals surface area contributed by atoms with E-state index >= 15 is 0 Å². The van der Waals surface area contributed by atoms with Gasteiger partial charge in [-0.15, -0.1) is 0 Å². The number of carbonyl (C=O) groups is 1. The highest BCUT2D eigenvalue weighted by Crippen LogP contribution is 2.06. The fourth-order valence-corrected chi connectivity index (χ4v) is 1.58. The van der Waals surface area contributed by atoms with E-state index in [4.69, 9.17) is 5.73 Å². The molecule has 0 fully saturated rings. The number of benzene rings is 1. The Morgan fingerprint density at radius 2 is 1.88 bits per heavy atom. The topological polar surface area (TPSA) is 55.1 Å². The van der Waals surface area contributed by atoms with Gasteiger partial charge in [-0.1, -0.05) is 44.5 Å². The molecule has 0 saturated heterocycles. The highest BCUT2D eigenvalue weighted by Gasteiger charge is 2.09. The summed E-state index contributed by atoms with van der Waals surface area (Å²) in [5.41, 5.74) is 7.91. The molecule has 1 aromatic carbocycles. The van der Waals surface area contributed by atoms with Crippen molar-refractivity contribution in [1.82, 2.24) is 5.32 Å². The monoisotopic (exact) mass is 234 g/mol. The molecule has 17 heavy (non-hydrogen) atoms. The van der Waals surface area contributed by atoms with E-state index in [-0.39, 0.29) is 11.8 Å². The molecule has 1 unspecified atom stereocenters. The molecule has 3 heteroatoms. The lowest BCUT2D eigenvalue weighted by molar-refractivity contribution is -0.124. The normalized spacial score (nSPS) is 12.2. The van der Waals surface area contributed by atoms with Crippen molar-refractivity contribution in [3.05, 3.63) is 35.4 Å². The zero-order valence-electron chi connectivity index (χ0n) is 10.7. The summed E-state index contributed by atoms with van der Waals surface area (Å²) in [6.45, 7) is 4.97. The summed E-state index contributed by atoms with van der Waals surface area (Å²) in [6.07, 6.45) is 2.26. The zero-order valence-corrected chi connectivity index (χ0v) is 10.7. The Bertz CT molecular complexity index is 346. The van der Waals surface area contributed by atoms with Crippen LogP contribution in [0.2, 0.25) is 0 Å². The van der Waals surface area contributed by atoms with E-state index in [0.29, 0.717) is 13.1 Å². The first-order valence-electron chi connectivity index (χ1n) is 6.23. The van der Waals surface area contributed by atoms with Crippen LogP contribution in [0.25, 0.3) is 0 Å². The van der Waals surface area contributed by atoms with Crippen LogP contribution in [-0.4, -0.2) is 12.5 Å². The second-order valence-corrected chi connectivity index (χ2v) is 4.42. The average Bonchev–Trinajstić information content (AvgIpc) is 2.37. The predicted molar refractivity (Wildman–Crippen MR) is 70.5 cm³/mol. The maximum atomic E-state index is 11.5. The van der Waals surface area contributed by atoms with Gasteiger partial charge in [0.05, 0.1) is 0 Å². The largest absolute Gasteiger partial charge is 0.352 e. The molecule has 1 atom stereocenters. The molecule has 3 nitrogen and oxygen atoms in total. The second-order valence-electron chi connectivity index (χ2n) is 4.42. The molecule has 0 aliphatic rings. The summed E-state index contributed by atoms with van der Waals surface area (Å²) in [5.74, 6) is -0.0977. The molecule has 0 aromatic heterocycles. The van der Waals surface area contributed by atoms with Gasteiger partial charge in [-0.3, -0.25) is 4.79 Å². The summed E-state index contributed by atoms with van der Waals surface area (Å²) >= 11 is 0. The molecule has 0 aliphatic heterocycles. The van der Waals surface area contributed by atoms with E-state index in [1.807, 2.05) is 6.92 Å². The van der Waals surface area contributed by atoms with Crippen molar-refractivity contribution in [1.29, 1.82) is 0 Å². The quantitative estimate of drug-likeness (QED) is 0.789. The Hall–Kier alpha value is -1.35. The molecule has 0 heterocycles. The number of nitrogens with one attached hydrogen (secondary N) is 1. The van der Waals surface area contributed by atoms with Crippen LogP contribution in [0.5, 0.6) is 0 Å². The van der Waals surface area contributed by atoms with Crippen molar-refractivity contribution in [3.63, 3.8) is 0 Å². The Morgan fingerprint density at radius 3 is 2.41 bits per heavy atom. The molecule has 0 spiro atoms. The summed E-state index contributed by atoms with van der Waals surface area (Å²) in [6, 6.07) is 8.38. The van der Waals surface area contributed by atoms with Gasteiger partial charge in [0, 0.05) is 19.0 Å². The fraction of sp³-hybridized carbons (Fsp3) is 0.500. The van der Waals surface area contributed by atoms with E-state index < -0.39 is 0 Å². The minimum absolute atomic E-state index is 0.0186. The Labute approximate surface area is 103 Å². The first kappa shape index (κ1) is 13.7. The van der Waals surface area contributed by atoms with Crippen molar-refractivity contribution >= 4 is 5.91 Å². The molecule has 0 radical (unpaired) electrons. The highest BCUT2D eigenvalue weighted by atomic mass is 16.1. The number of nitrogens with two attached hydrogens (primary N) is 1. The van der Waals surface area contributed by atoms with Gasteiger partial charge < -0.3 is 11.1 Å². The van der Waals surface area contributed by atoms with Crippen molar-refractivity contribution in [3.8, 4) is 0 Å². The first-order valence-corrected chi connectivity index (χ1v) is 6.23. The average molecular weight is 234 g/mol. The zero-order chi connectivity index (χ0) is 12.7.